The predicted octanol–water partition coefficient (Wildman–Crippen LogP) is 1.68. The molecule has 0 radical (unpaired) electrons. The molecule has 8 nitrogen and oxygen atoms in total. The molecule has 0 amide bonds. The highest BCUT2D eigenvalue weighted by Gasteiger charge is 2.13. The molecule has 0 fully saturated rings. The van der Waals surface area contributed by atoms with Crippen molar-refractivity contribution in [3.05, 3.63) is 10.0 Å². The van der Waals surface area contributed by atoms with E-state index in [4.69, 9.17) is 10.5 Å². The number of aromatic nitrogens is 4. The molecule has 132 valence electrons. The minimum Gasteiger partial charge on any atom is -0.466 e. The van der Waals surface area contributed by atoms with Crippen LogP contribution in [0.5, 0.6) is 0 Å². The van der Waals surface area contributed by atoms with Crippen LogP contribution in [0.1, 0.15) is 26.2 Å². The van der Waals surface area contributed by atoms with Gasteiger partial charge in [-0.1, -0.05) is 0 Å². The van der Waals surface area contributed by atoms with E-state index in [0.717, 1.165) is 47.2 Å². The number of anilines is 1. The number of nitrogens with zero attached hydrogens (tertiary/aromatic N) is 5. The first kappa shape index (κ1) is 18.8. The fourth-order valence-electron chi connectivity index (χ4n) is 2.47. The maximum Gasteiger partial charge on any atom is 0.305 e. The Bertz CT molecular complexity index is 690. The minimum atomic E-state index is -0.124. The highest BCUT2D eigenvalue weighted by Crippen LogP contribution is 2.22. The van der Waals surface area contributed by atoms with E-state index in [9.17, 15) is 4.79 Å². The molecule has 0 bridgehead atoms. The molecule has 24 heavy (non-hydrogen) atoms. The van der Waals surface area contributed by atoms with Crippen LogP contribution in [0.25, 0.3) is 11.0 Å². The summed E-state index contributed by atoms with van der Waals surface area (Å²) in [5.41, 5.74) is 6.67. The SMILES string of the molecule is CCOC(=O)CCCN(C)CCCn1nc(I)c2c(N)ncnc21. The summed E-state index contributed by atoms with van der Waals surface area (Å²) < 4.78 is 7.62. The minimum absolute atomic E-state index is 0.124. The average Bonchev–Trinajstić information content (AvgIpc) is 2.85. The van der Waals surface area contributed by atoms with Crippen LogP contribution in [-0.4, -0.2) is 57.4 Å². The van der Waals surface area contributed by atoms with Gasteiger partial charge in [-0.05, 0) is 62.5 Å². The lowest BCUT2D eigenvalue weighted by molar-refractivity contribution is -0.143. The van der Waals surface area contributed by atoms with Crippen LogP contribution in [0.2, 0.25) is 0 Å². The molecule has 0 saturated heterocycles. The maximum atomic E-state index is 11.3. The highest BCUT2D eigenvalue weighted by atomic mass is 127. The van der Waals surface area contributed by atoms with Gasteiger partial charge in [0.2, 0.25) is 0 Å². The van der Waals surface area contributed by atoms with Crippen molar-refractivity contribution < 1.29 is 9.53 Å². The fourth-order valence-corrected chi connectivity index (χ4v) is 3.25. The molecule has 0 unspecified atom stereocenters. The van der Waals surface area contributed by atoms with Crippen molar-refractivity contribution in [2.45, 2.75) is 32.7 Å². The van der Waals surface area contributed by atoms with Gasteiger partial charge in [0.25, 0.3) is 0 Å². The molecule has 9 heteroatoms. The number of carbonyl (C=O) groups is 1. The zero-order valence-electron chi connectivity index (χ0n) is 14.0. The largest absolute Gasteiger partial charge is 0.466 e. The maximum absolute atomic E-state index is 11.3. The topological polar surface area (TPSA) is 99.2 Å². The van der Waals surface area contributed by atoms with Crippen molar-refractivity contribution in [1.29, 1.82) is 0 Å². The summed E-state index contributed by atoms with van der Waals surface area (Å²) in [4.78, 5) is 21.8. The number of carbonyl (C=O) groups excluding carboxylic acids is 1. The van der Waals surface area contributed by atoms with Crippen molar-refractivity contribution in [1.82, 2.24) is 24.6 Å². The zero-order valence-corrected chi connectivity index (χ0v) is 16.2. The Kier molecular flexibility index (Phi) is 7.16. The Morgan fingerprint density at radius 2 is 2.12 bits per heavy atom. The first-order chi connectivity index (χ1) is 11.5. The number of aryl methyl sites for hydroxylation is 1. The number of hydrogen-bond donors (Lipinski definition) is 1. The third-order valence-corrected chi connectivity index (χ3v) is 4.41. The van der Waals surface area contributed by atoms with Gasteiger partial charge in [-0.25, -0.2) is 14.6 Å². The molecular weight excluding hydrogens is 423 g/mol. The van der Waals surface area contributed by atoms with E-state index in [1.54, 1.807) is 0 Å². The number of halogens is 1. The van der Waals surface area contributed by atoms with Gasteiger partial charge in [0.05, 0.1) is 12.0 Å². The summed E-state index contributed by atoms with van der Waals surface area (Å²) >= 11 is 2.15. The average molecular weight is 446 g/mol. The lowest BCUT2D eigenvalue weighted by atomic mass is 10.3. The second kappa shape index (κ2) is 9.11. The molecule has 2 N–H and O–H groups in total. The molecule has 0 atom stereocenters. The molecule has 0 saturated carbocycles. The smallest absolute Gasteiger partial charge is 0.305 e. The van der Waals surface area contributed by atoms with Gasteiger partial charge in [-0.3, -0.25) is 4.79 Å². The molecule has 0 aliphatic carbocycles. The van der Waals surface area contributed by atoms with E-state index in [0.29, 0.717) is 18.8 Å². The molecule has 2 aromatic heterocycles. The van der Waals surface area contributed by atoms with Gasteiger partial charge < -0.3 is 15.4 Å². The first-order valence-corrected chi connectivity index (χ1v) is 9.07. The summed E-state index contributed by atoms with van der Waals surface area (Å²) in [5, 5.41) is 5.31. The van der Waals surface area contributed by atoms with E-state index in [1.165, 1.54) is 6.33 Å². The lowest BCUT2D eigenvalue weighted by Gasteiger charge is -2.16. The first-order valence-electron chi connectivity index (χ1n) is 7.99. The number of rotatable bonds is 9. The van der Waals surface area contributed by atoms with Gasteiger partial charge in [-0.2, -0.15) is 5.10 Å². The van der Waals surface area contributed by atoms with Gasteiger partial charge in [-0.15, -0.1) is 0 Å². The highest BCUT2D eigenvalue weighted by molar-refractivity contribution is 14.1. The van der Waals surface area contributed by atoms with E-state index >= 15 is 0 Å². The number of fused-ring (bicyclic) bond motifs is 1. The van der Waals surface area contributed by atoms with Crippen LogP contribution in [0.15, 0.2) is 6.33 Å². The van der Waals surface area contributed by atoms with Crippen molar-refractivity contribution in [3.63, 3.8) is 0 Å². The summed E-state index contributed by atoms with van der Waals surface area (Å²) in [6.45, 7) is 4.81. The van der Waals surface area contributed by atoms with Crippen molar-refractivity contribution in [2.24, 2.45) is 0 Å². The van der Waals surface area contributed by atoms with E-state index in [-0.39, 0.29) is 5.97 Å². The van der Waals surface area contributed by atoms with Crippen molar-refractivity contribution >= 4 is 45.4 Å². The summed E-state index contributed by atoms with van der Waals surface area (Å²) in [5.74, 6) is 0.340. The number of ether oxygens (including phenoxy) is 1. The van der Waals surface area contributed by atoms with Gasteiger partial charge >= 0.3 is 5.97 Å². The second-order valence-corrected chi connectivity index (χ2v) is 6.56. The van der Waals surface area contributed by atoms with Crippen molar-refractivity contribution in [3.8, 4) is 0 Å². The standard InChI is InChI=1S/C15H23IN6O2/c1-3-24-11(23)6-4-7-21(2)8-5-9-22-15-12(13(16)20-22)14(17)18-10-19-15/h10H,3-9H2,1-2H3,(H2,17,18,19). The Morgan fingerprint density at radius 1 is 1.38 bits per heavy atom. The third kappa shape index (κ3) is 5.00. The monoisotopic (exact) mass is 446 g/mol. The number of hydrogen-bond acceptors (Lipinski definition) is 7. The van der Waals surface area contributed by atoms with Crippen LogP contribution >= 0.6 is 22.6 Å². The summed E-state index contributed by atoms with van der Waals surface area (Å²) in [7, 11) is 2.05. The zero-order chi connectivity index (χ0) is 17.5. The molecule has 0 aliphatic heterocycles. The predicted molar refractivity (Wildman–Crippen MR) is 100 cm³/mol. The molecular formula is C15H23IN6O2. The second-order valence-electron chi connectivity index (χ2n) is 5.54. The fraction of sp³-hybridized carbons (Fsp3) is 0.600. The van der Waals surface area contributed by atoms with E-state index < -0.39 is 0 Å². The van der Waals surface area contributed by atoms with Crippen LogP contribution in [-0.2, 0) is 16.1 Å². The Balaban J connectivity index is 1.78. The molecule has 2 heterocycles. The third-order valence-electron chi connectivity index (χ3n) is 3.65. The summed E-state index contributed by atoms with van der Waals surface area (Å²) in [6, 6.07) is 0. The normalized spacial score (nSPS) is 11.3. The lowest BCUT2D eigenvalue weighted by Crippen LogP contribution is -2.23. The van der Waals surface area contributed by atoms with E-state index in [2.05, 4.69) is 49.6 Å². The number of nitrogens with two attached hydrogens (primary N) is 1. The Morgan fingerprint density at radius 3 is 2.88 bits per heavy atom. The molecule has 2 rings (SSSR count). The van der Waals surface area contributed by atoms with Crippen LogP contribution < -0.4 is 5.73 Å². The van der Waals surface area contributed by atoms with E-state index in [1.807, 2.05) is 11.6 Å². The molecule has 2 aromatic rings. The van der Waals surface area contributed by atoms with Gasteiger partial charge in [0.15, 0.2) is 5.65 Å². The van der Waals surface area contributed by atoms with Crippen LogP contribution in [0, 0.1) is 3.70 Å². The summed E-state index contributed by atoms with van der Waals surface area (Å²) in [6.07, 6.45) is 3.68. The number of nitrogen functional groups attached to an aromatic ring is 1. The van der Waals surface area contributed by atoms with Crippen molar-refractivity contribution in [2.75, 3.05) is 32.5 Å². The molecule has 0 spiro atoms. The van der Waals surface area contributed by atoms with Crippen LogP contribution in [0.4, 0.5) is 5.82 Å². The quantitative estimate of drug-likeness (QED) is 0.462. The van der Waals surface area contributed by atoms with Crippen LogP contribution in [0.3, 0.4) is 0 Å². The number of esters is 1. The Labute approximate surface area is 154 Å². The van der Waals surface area contributed by atoms with Gasteiger partial charge in [0.1, 0.15) is 15.8 Å². The van der Waals surface area contributed by atoms with Gasteiger partial charge in [0, 0.05) is 13.0 Å². The molecule has 0 aliphatic rings. The molecule has 0 aromatic carbocycles. The Hall–Kier alpha value is -1.49.